The van der Waals surface area contributed by atoms with E-state index < -0.39 is 0 Å². The minimum Gasteiger partial charge on any atom is -0.456 e. The number of fused-ring (bicyclic) bond motifs is 10. The normalized spacial score (nSPS) is 16.6. The predicted molar refractivity (Wildman–Crippen MR) is 387 cm³/mol. The smallest absolute Gasteiger partial charge is 0.198 e. The van der Waals surface area contributed by atoms with E-state index >= 15 is 0 Å². The molecule has 11 aromatic carbocycles. The molecule has 12 aromatic rings. The number of nitrogens with zero attached hydrogens (tertiary/aromatic N) is 2. The number of aryl methyl sites for hydroxylation is 1. The highest BCUT2D eigenvalue weighted by atomic mass is 16.3. The maximum Gasteiger partial charge on any atom is 0.198 e. The van der Waals surface area contributed by atoms with Crippen LogP contribution in [0.25, 0.3) is 66.4 Å². The van der Waals surface area contributed by atoms with Crippen molar-refractivity contribution in [1.82, 2.24) is 0 Å². The molecule has 1 aliphatic heterocycles. The lowest BCUT2D eigenvalue weighted by Gasteiger charge is -2.44. The third-order valence-electron chi connectivity index (χ3n) is 21.7. The molecule has 2 heterocycles. The lowest BCUT2D eigenvalue weighted by Crippen LogP contribution is -2.42. The van der Waals surface area contributed by atoms with Gasteiger partial charge in [-0.25, -0.2) is 0 Å². The number of rotatable bonds is 9. The van der Waals surface area contributed by atoms with Gasteiger partial charge in [0.2, 0.25) is 0 Å². The number of hydrogen-bond acceptors (Lipinski definition) is 4. The van der Waals surface area contributed by atoms with Gasteiger partial charge in [0.1, 0.15) is 11.2 Å². The fourth-order valence-corrected chi connectivity index (χ4v) is 16.3. The van der Waals surface area contributed by atoms with Crippen molar-refractivity contribution < 1.29 is 4.42 Å². The van der Waals surface area contributed by atoms with Crippen LogP contribution in [0, 0.1) is 6.92 Å². The second kappa shape index (κ2) is 20.6. The zero-order valence-electron chi connectivity index (χ0n) is 54.6. The Morgan fingerprint density at radius 2 is 0.967 bits per heavy atom. The molecule has 1 aromatic heterocycles. The van der Waals surface area contributed by atoms with Crippen LogP contribution >= 0.6 is 0 Å². The van der Waals surface area contributed by atoms with Gasteiger partial charge in [-0.3, -0.25) is 0 Å². The number of nitrogens with one attached hydrogen (secondary N) is 1. The van der Waals surface area contributed by atoms with Crippen LogP contribution < -0.4 is 26.0 Å². The largest absolute Gasteiger partial charge is 0.456 e. The summed E-state index contributed by atoms with van der Waals surface area (Å²) in [7, 11) is 2.51. The summed E-state index contributed by atoms with van der Waals surface area (Å²) in [5.74, 6) is 0. The van der Waals surface area contributed by atoms with Gasteiger partial charge < -0.3 is 19.5 Å². The van der Waals surface area contributed by atoms with Crippen LogP contribution in [-0.2, 0) is 27.1 Å². The topological polar surface area (TPSA) is 31.6 Å². The van der Waals surface area contributed by atoms with Crippen molar-refractivity contribution in [3.05, 3.63) is 263 Å². The van der Waals surface area contributed by atoms with Crippen molar-refractivity contribution in [1.29, 1.82) is 0 Å². The third kappa shape index (κ3) is 9.15. The summed E-state index contributed by atoms with van der Waals surface area (Å²) in [6, 6.07) is 84.2. The number of anilines is 8. The SMILES string of the molecule is Cc1cc2c(cc1N1c3ccc(N(c4cccc(-c5ccccc5)c4)c4cccc(-c5ccccc5)c4)cc3[B]c3c1cc1oc4ccccc4c1c3-c1ccc3c(c1Nc1ccc4c(c1)C(C)(C)CCC4(C)C)-c1ccccc1C3(C)C)C(C)(C)CCC2(C)C. The first-order chi connectivity index (χ1) is 43.7. The summed E-state index contributed by atoms with van der Waals surface area (Å²) in [5.41, 5.74) is 31.8. The average Bonchev–Trinajstić information content (AvgIpc) is 1.69. The average molecular weight is 1180 g/mol. The Morgan fingerprint density at radius 3 is 1.64 bits per heavy atom. The number of furan rings is 1. The van der Waals surface area contributed by atoms with Gasteiger partial charge >= 0.3 is 0 Å². The summed E-state index contributed by atoms with van der Waals surface area (Å²) in [5, 5.41) is 6.53. The van der Waals surface area contributed by atoms with Crippen molar-refractivity contribution in [3.63, 3.8) is 0 Å². The van der Waals surface area contributed by atoms with Crippen LogP contribution in [0.3, 0.4) is 0 Å². The summed E-state index contributed by atoms with van der Waals surface area (Å²) in [6.07, 6.45) is 4.56. The van der Waals surface area contributed by atoms with Gasteiger partial charge in [0.05, 0.1) is 5.69 Å². The highest BCUT2D eigenvalue weighted by molar-refractivity contribution is 6.74. The van der Waals surface area contributed by atoms with Crippen LogP contribution in [-0.4, -0.2) is 7.28 Å². The lowest BCUT2D eigenvalue weighted by atomic mass is 9.57. The minimum absolute atomic E-state index is 0.0222. The second-order valence-corrected chi connectivity index (χ2v) is 29.7. The first-order valence-electron chi connectivity index (χ1n) is 33.0. The van der Waals surface area contributed by atoms with Crippen LogP contribution in [0.15, 0.2) is 229 Å². The van der Waals surface area contributed by atoms with Gasteiger partial charge in [-0.05, 0) is 199 Å². The first kappa shape index (κ1) is 56.9. The van der Waals surface area contributed by atoms with Crippen molar-refractivity contribution in [3.8, 4) is 44.5 Å². The molecule has 4 aliphatic rings. The van der Waals surface area contributed by atoms with Crippen LogP contribution in [0.1, 0.15) is 134 Å². The second-order valence-electron chi connectivity index (χ2n) is 29.7. The molecule has 0 amide bonds. The zero-order valence-corrected chi connectivity index (χ0v) is 54.6. The van der Waals surface area contributed by atoms with Crippen molar-refractivity contribution in [2.45, 2.75) is 129 Å². The molecule has 4 nitrogen and oxygen atoms in total. The first-order valence-corrected chi connectivity index (χ1v) is 33.0. The maximum atomic E-state index is 7.24. The van der Waals surface area contributed by atoms with E-state index in [-0.39, 0.29) is 27.1 Å². The molecule has 0 saturated carbocycles. The molecule has 447 valence electrons. The predicted octanol–water partition coefficient (Wildman–Crippen LogP) is 22.6. The molecular formula is C86H79BN3O. The van der Waals surface area contributed by atoms with Gasteiger partial charge in [0.15, 0.2) is 7.28 Å². The Kier molecular flexibility index (Phi) is 12.9. The number of hydrogen-bond donors (Lipinski definition) is 1. The molecule has 0 bridgehead atoms. The Morgan fingerprint density at radius 1 is 0.407 bits per heavy atom. The summed E-state index contributed by atoms with van der Waals surface area (Å²) in [4.78, 5) is 5.05. The van der Waals surface area contributed by atoms with Gasteiger partial charge in [-0.2, -0.15) is 0 Å². The summed E-state index contributed by atoms with van der Waals surface area (Å²) in [6.45, 7) is 26.7. The summed E-state index contributed by atoms with van der Waals surface area (Å²) >= 11 is 0. The molecule has 16 rings (SSSR count). The van der Waals surface area contributed by atoms with E-state index in [9.17, 15) is 0 Å². The Balaban J connectivity index is 0.988. The molecule has 91 heavy (non-hydrogen) atoms. The molecular weight excluding hydrogens is 1100 g/mol. The van der Waals surface area contributed by atoms with Crippen LogP contribution in [0.2, 0.25) is 0 Å². The Labute approximate surface area is 538 Å². The Bertz CT molecular complexity index is 4860. The van der Waals surface area contributed by atoms with Crippen LogP contribution in [0.5, 0.6) is 0 Å². The quantitative estimate of drug-likeness (QED) is 0.146. The minimum atomic E-state index is -0.242. The van der Waals surface area contributed by atoms with E-state index in [0.29, 0.717) is 0 Å². The van der Waals surface area contributed by atoms with E-state index in [1.165, 1.54) is 66.9 Å². The van der Waals surface area contributed by atoms with Gasteiger partial charge in [-0.1, -0.05) is 226 Å². The zero-order chi connectivity index (χ0) is 62.5. The van der Waals surface area contributed by atoms with Gasteiger partial charge in [0, 0.05) is 73.2 Å². The molecule has 0 spiro atoms. The molecule has 0 saturated heterocycles. The summed E-state index contributed by atoms with van der Waals surface area (Å²) < 4.78 is 7.24. The van der Waals surface area contributed by atoms with Crippen molar-refractivity contribution in [2.24, 2.45) is 0 Å². The van der Waals surface area contributed by atoms with Crippen molar-refractivity contribution >= 4 is 85.6 Å². The highest BCUT2D eigenvalue weighted by Gasteiger charge is 2.43. The van der Waals surface area contributed by atoms with Crippen molar-refractivity contribution in [2.75, 3.05) is 15.1 Å². The molecule has 3 aliphatic carbocycles. The standard InChI is InChI=1S/C86H79BN3O/c1-53-46-68-70(85(8,9)45-44-83(68,4)5)51-73(53)90-72-41-37-61(89(59-30-22-28-56(47-59)54-24-14-12-15-25-54)60-31-23-29-57(48-60)55-26-16-13-17-27-55)50-71(72)87-80-74(90)52-76-78(63-33-19-21-35-75(63)91-76)79(80)64-38-40-67-77(62-32-18-20-34-65(62)86(67,10)11)81(64)88-58-36-39-66-69(49-58)84(6,7)43-42-82(66,2)3/h12-41,46-52,88H,42-45H2,1-11H3. The number of benzene rings is 11. The van der Waals surface area contributed by atoms with E-state index in [1.54, 1.807) is 0 Å². The van der Waals surface area contributed by atoms with E-state index in [4.69, 9.17) is 4.42 Å². The van der Waals surface area contributed by atoms with Crippen LogP contribution in [0.4, 0.5) is 45.5 Å². The lowest BCUT2D eigenvalue weighted by molar-refractivity contribution is 0.332. The molecule has 0 fully saturated rings. The van der Waals surface area contributed by atoms with Gasteiger partial charge in [-0.15, -0.1) is 0 Å². The van der Waals surface area contributed by atoms with E-state index in [1.807, 2.05) is 0 Å². The molecule has 1 N–H and O–H groups in total. The maximum absolute atomic E-state index is 7.24. The molecule has 5 heteroatoms. The third-order valence-corrected chi connectivity index (χ3v) is 21.7. The highest BCUT2D eigenvalue weighted by Crippen LogP contribution is 2.57. The van der Waals surface area contributed by atoms with Gasteiger partial charge in [0.25, 0.3) is 0 Å². The molecule has 0 unspecified atom stereocenters. The fraction of sp³-hybridized carbons (Fsp3) is 0.233. The monoisotopic (exact) mass is 1180 g/mol. The fourth-order valence-electron chi connectivity index (χ4n) is 16.3. The van der Waals surface area contributed by atoms with E-state index in [0.717, 1.165) is 121 Å². The number of para-hydroxylation sites is 1. The molecule has 0 atom stereocenters. The van der Waals surface area contributed by atoms with E-state index in [2.05, 4.69) is 323 Å². The molecule has 1 radical (unpaired) electrons. The Hall–Kier alpha value is -9.32.